The summed E-state index contributed by atoms with van der Waals surface area (Å²) in [5, 5.41) is 45.0. The Kier molecular flexibility index (Phi) is 16.8. The third kappa shape index (κ3) is 12.0. The Labute approximate surface area is 401 Å². The number of phenolic OH excluding ortho intramolecular Hbond substituents is 2. The predicted octanol–water partition coefficient (Wildman–Crippen LogP) is 2.79. The van der Waals surface area contributed by atoms with Gasteiger partial charge in [0.2, 0.25) is 17.7 Å². The molecule has 0 saturated heterocycles. The monoisotopic (exact) mass is 965 g/mol. The summed E-state index contributed by atoms with van der Waals surface area (Å²) in [5.41, 5.74) is 5.01. The molecule has 1 aliphatic heterocycles. The maximum absolute atomic E-state index is 14.0. The van der Waals surface area contributed by atoms with Crippen molar-refractivity contribution < 1.29 is 68.0 Å². The van der Waals surface area contributed by atoms with Gasteiger partial charge < -0.3 is 47.1 Å². The number of anilines is 2. The number of ether oxygens (including phenoxy) is 1. The number of imide groups is 1. The molecule has 70 heavy (non-hydrogen) atoms. The first kappa shape index (κ1) is 51.5. The normalized spacial score (nSPS) is 15.6. The van der Waals surface area contributed by atoms with Crippen LogP contribution in [-0.4, -0.2) is 111 Å². The van der Waals surface area contributed by atoms with Crippen LogP contribution in [0.2, 0.25) is 0 Å². The van der Waals surface area contributed by atoms with Crippen LogP contribution in [0.25, 0.3) is 0 Å². The van der Waals surface area contributed by atoms with E-state index in [1.807, 2.05) is 0 Å². The molecule has 0 spiro atoms. The Morgan fingerprint density at radius 2 is 1.49 bits per heavy atom. The second-order valence-corrected chi connectivity index (χ2v) is 17.5. The Morgan fingerprint density at radius 1 is 0.800 bits per heavy atom. The van der Waals surface area contributed by atoms with Gasteiger partial charge in [-0.1, -0.05) is 44.5 Å². The molecule has 0 aromatic heterocycles. The van der Waals surface area contributed by atoms with Crippen LogP contribution in [0.3, 0.4) is 0 Å². The van der Waals surface area contributed by atoms with Gasteiger partial charge in [-0.15, -0.1) is 0 Å². The predicted molar refractivity (Wildman–Crippen MR) is 249 cm³/mol. The van der Waals surface area contributed by atoms with Crippen LogP contribution in [-0.2, 0) is 53.0 Å². The number of fused-ring (bicyclic) bond motifs is 3. The zero-order valence-corrected chi connectivity index (χ0v) is 38.6. The smallest absolute Gasteiger partial charge is 0.411 e. The fourth-order valence-electron chi connectivity index (χ4n) is 8.60. The highest BCUT2D eigenvalue weighted by Gasteiger charge is 2.41. The van der Waals surface area contributed by atoms with Crippen molar-refractivity contribution in [1.82, 2.24) is 20.9 Å². The zero-order valence-electron chi connectivity index (χ0n) is 38.6. The molecule has 0 saturated carbocycles. The number of hydrogen-bond donors (Lipinski definition) is 9. The average Bonchev–Trinajstić information content (AvgIpc) is 3.65. The topological polar surface area (TPSA) is 330 Å². The number of rotatable bonds is 21. The van der Waals surface area contributed by atoms with E-state index in [4.69, 9.17) is 10.5 Å². The average molecular weight is 966 g/mol. The molecule has 3 aromatic rings. The van der Waals surface area contributed by atoms with Crippen molar-refractivity contribution in [2.75, 3.05) is 30.3 Å². The number of nitrogens with one attached hydrogen (secondary N) is 5. The molecule has 0 fully saturated rings. The number of primary amides is 1. The van der Waals surface area contributed by atoms with Crippen molar-refractivity contribution in [3.05, 3.63) is 93.6 Å². The SMILES string of the molecule is CC(C)[C@H](NC(=O)CCCCCN1C(=O)C=CC1=O)C(=O)N[C@@H](CCCNC(N)=O)C(=O)Nc1ccc(COC(=O)Nc2cccc3c2C(=O)c2c(O)c4c(c(O)c2C3=O)C[C@@H](C(=O)CO)CC4)cc1. The molecular weight excluding hydrogens is 911 g/mol. The molecule has 0 unspecified atom stereocenters. The van der Waals surface area contributed by atoms with Crippen LogP contribution < -0.4 is 32.3 Å². The number of carbonyl (C=O) groups excluding carboxylic acids is 10. The number of aliphatic hydroxyl groups excluding tert-OH is 1. The number of benzene rings is 3. The number of hydrogen-bond acceptors (Lipinski definition) is 14. The summed E-state index contributed by atoms with van der Waals surface area (Å²) in [4.78, 5) is 129. The highest BCUT2D eigenvalue weighted by atomic mass is 16.5. The quantitative estimate of drug-likeness (QED) is 0.0330. The second kappa shape index (κ2) is 22.9. The number of aromatic hydroxyl groups is 2. The molecule has 8 amide bonds. The third-order valence-electron chi connectivity index (χ3n) is 12.3. The lowest BCUT2D eigenvalue weighted by atomic mass is 9.74. The standard InChI is InChI=1S/C49H55N7O14/c1-25(2)41(55-35(59)11-4-3-5-21-56-36(60)18-19-37(56)61)47(67)53-33(10-7-20-51-48(50)68)46(66)52-28-15-12-26(13-16-28)24-70-49(69)54-32-9-6-8-30-38(32)45(65)40-39(43(30)63)44(64)31-22-27(34(58)23-57)14-17-29(31)42(40)62/h6,8-9,12-13,15-16,18-19,25,27,33,41,57,62,64H,3-5,7,10-11,14,17,20-24H2,1-2H3,(H,52,66)(H,53,67)(H,54,69)(H,55,59)(H3,50,51,68)/t27-,33-,41-/m0/s1. The molecule has 2 aliphatic carbocycles. The third-order valence-corrected chi connectivity index (χ3v) is 12.3. The Balaban J connectivity index is 1.04. The lowest BCUT2D eigenvalue weighted by molar-refractivity contribution is -0.137. The number of nitrogens with zero attached hydrogens (tertiary/aromatic N) is 1. The van der Waals surface area contributed by atoms with Crippen molar-refractivity contribution in [2.45, 2.75) is 90.3 Å². The first-order valence-corrected chi connectivity index (χ1v) is 22.9. The number of amides is 8. The van der Waals surface area contributed by atoms with E-state index in [1.54, 1.807) is 26.0 Å². The number of aliphatic hydroxyl groups is 1. The number of unbranched alkanes of at least 4 members (excludes halogenated alkanes) is 2. The summed E-state index contributed by atoms with van der Waals surface area (Å²) in [6, 6.07) is 7.39. The van der Waals surface area contributed by atoms with Crippen molar-refractivity contribution in [3.8, 4) is 11.5 Å². The highest BCUT2D eigenvalue weighted by molar-refractivity contribution is 6.32. The molecule has 0 radical (unpaired) electrons. The van der Waals surface area contributed by atoms with Crippen LogP contribution in [0.5, 0.6) is 11.5 Å². The van der Waals surface area contributed by atoms with Crippen LogP contribution >= 0.6 is 0 Å². The number of carbonyl (C=O) groups is 10. The molecule has 3 aliphatic rings. The van der Waals surface area contributed by atoms with E-state index in [9.17, 15) is 63.3 Å². The second-order valence-electron chi connectivity index (χ2n) is 17.5. The lowest BCUT2D eigenvalue weighted by Gasteiger charge is -2.29. The number of phenols is 2. The number of nitrogens with two attached hydrogens (primary N) is 1. The van der Waals surface area contributed by atoms with Gasteiger partial charge in [-0.2, -0.15) is 0 Å². The van der Waals surface area contributed by atoms with Gasteiger partial charge in [0, 0.05) is 60.0 Å². The van der Waals surface area contributed by atoms with Gasteiger partial charge in [-0.05, 0) is 74.6 Å². The van der Waals surface area contributed by atoms with Gasteiger partial charge in [0.05, 0.1) is 22.4 Å². The maximum atomic E-state index is 14.0. The van der Waals surface area contributed by atoms with Crippen molar-refractivity contribution in [3.63, 3.8) is 0 Å². The fraction of sp³-hybridized carbons (Fsp3) is 0.388. The molecule has 3 atom stereocenters. The Hall–Kier alpha value is -7.94. The minimum absolute atomic E-state index is 0.0390. The fourth-order valence-corrected chi connectivity index (χ4v) is 8.60. The van der Waals surface area contributed by atoms with Crippen LogP contribution in [0, 0.1) is 11.8 Å². The maximum Gasteiger partial charge on any atom is 0.411 e. The lowest BCUT2D eigenvalue weighted by Crippen LogP contribution is -2.54. The van der Waals surface area contributed by atoms with E-state index in [-0.39, 0.29) is 104 Å². The largest absolute Gasteiger partial charge is 0.507 e. The first-order chi connectivity index (χ1) is 33.4. The van der Waals surface area contributed by atoms with E-state index in [0.29, 0.717) is 30.5 Å². The molecule has 6 rings (SSSR count). The summed E-state index contributed by atoms with van der Waals surface area (Å²) < 4.78 is 5.40. The van der Waals surface area contributed by atoms with Gasteiger partial charge >= 0.3 is 12.1 Å². The Bertz CT molecular complexity index is 2630. The van der Waals surface area contributed by atoms with Crippen LogP contribution in [0.4, 0.5) is 21.0 Å². The summed E-state index contributed by atoms with van der Waals surface area (Å²) in [6.45, 7) is 2.82. The molecule has 370 valence electrons. The number of ketones is 3. The highest BCUT2D eigenvalue weighted by Crippen LogP contribution is 2.47. The van der Waals surface area contributed by atoms with E-state index in [1.165, 1.54) is 42.5 Å². The van der Waals surface area contributed by atoms with Gasteiger partial charge in [-0.25, -0.2) is 9.59 Å². The van der Waals surface area contributed by atoms with Crippen LogP contribution in [0.1, 0.15) is 107 Å². The van der Waals surface area contributed by atoms with Crippen molar-refractivity contribution in [1.29, 1.82) is 0 Å². The molecule has 21 heteroatoms. The molecule has 0 bridgehead atoms. The zero-order chi connectivity index (χ0) is 50.8. The summed E-state index contributed by atoms with van der Waals surface area (Å²) >= 11 is 0. The van der Waals surface area contributed by atoms with Gasteiger partial charge in [0.25, 0.3) is 11.8 Å². The molecule has 3 aromatic carbocycles. The Morgan fingerprint density at radius 3 is 2.16 bits per heavy atom. The minimum Gasteiger partial charge on any atom is -0.507 e. The van der Waals surface area contributed by atoms with E-state index in [0.717, 1.165) is 4.90 Å². The minimum atomic E-state index is -1.12. The summed E-state index contributed by atoms with van der Waals surface area (Å²) in [5.74, 6) is -6.50. The van der Waals surface area contributed by atoms with Gasteiger partial charge in [0.15, 0.2) is 17.3 Å². The van der Waals surface area contributed by atoms with Gasteiger partial charge in [0.1, 0.15) is 36.8 Å². The van der Waals surface area contributed by atoms with E-state index >= 15 is 0 Å². The van der Waals surface area contributed by atoms with Gasteiger partial charge in [-0.3, -0.25) is 48.6 Å². The molecule has 1 heterocycles. The molecule has 21 nitrogen and oxygen atoms in total. The number of Topliss-reactive ketones (excluding diaryl/α,β-unsaturated/α-hetero) is 1. The van der Waals surface area contributed by atoms with E-state index < -0.39 is 94.4 Å². The van der Waals surface area contributed by atoms with E-state index in [2.05, 4.69) is 26.6 Å². The number of urea groups is 1. The van der Waals surface area contributed by atoms with Crippen molar-refractivity contribution >= 4 is 70.4 Å². The van der Waals surface area contributed by atoms with Crippen LogP contribution in [0.15, 0.2) is 54.6 Å². The molecule has 10 N–H and O–H groups in total. The van der Waals surface area contributed by atoms with Crippen molar-refractivity contribution in [2.24, 2.45) is 17.6 Å². The summed E-state index contributed by atoms with van der Waals surface area (Å²) in [7, 11) is 0. The molecular formula is C49H55N7O14. The summed E-state index contributed by atoms with van der Waals surface area (Å²) in [6.07, 6.45) is 3.63. The first-order valence-electron chi connectivity index (χ1n) is 22.9.